The van der Waals surface area contributed by atoms with Crippen molar-refractivity contribution in [2.45, 2.75) is 20.4 Å². The molecule has 1 saturated heterocycles. The Bertz CT molecular complexity index is 560. The van der Waals surface area contributed by atoms with Crippen LogP contribution in [0.15, 0.2) is 12.1 Å². The summed E-state index contributed by atoms with van der Waals surface area (Å²) >= 11 is 0. The number of nitrogens with zero attached hydrogens (tertiary/aromatic N) is 3. The Labute approximate surface area is 139 Å². The molecule has 1 heterocycles. The van der Waals surface area contributed by atoms with Crippen molar-refractivity contribution in [3.63, 3.8) is 0 Å². The molecule has 1 aromatic carbocycles. The maximum atomic E-state index is 8.93. The molecule has 0 N–H and O–H groups in total. The van der Waals surface area contributed by atoms with Gasteiger partial charge in [0, 0.05) is 39.3 Å². The van der Waals surface area contributed by atoms with Crippen LogP contribution in [0.25, 0.3) is 0 Å². The Morgan fingerprint density at radius 1 is 1.09 bits per heavy atom. The van der Waals surface area contributed by atoms with Gasteiger partial charge in [-0.15, -0.1) is 0 Å². The summed E-state index contributed by atoms with van der Waals surface area (Å²) < 4.78 is 10.8. The Balaban J connectivity index is 1.95. The van der Waals surface area contributed by atoms with Crippen molar-refractivity contribution in [3.05, 3.63) is 23.3 Å². The Hall–Kier alpha value is -1.77. The van der Waals surface area contributed by atoms with Crippen LogP contribution in [0.3, 0.4) is 0 Å². The largest absolute Gasteiger partial charge is 0.493 e. The van der Waals surface area contributed by atoms with E-state index in [2.05, 4.69) is 28.9 Å². The standard InChI is InChI=1S/C18H27N3O2/c1-14(11-19)12-20-5-7-21(8-6-20)13-16-10-18(23-4)17(22-3)9-15(16)2/h9-10,14H,5-8,12-13H2,1-4H3/t14-/m0/s1. The molecule has 0 unspecified atom stereocenters. The summed E-state index contributed by atoms with van der Waals surface area (Å²) in [4.78, 5) is 4.84. The van der Waals surface area contributed by atoms with Crippen molar-refractivity contribution < 1.29 is 9.47 Å². The third kappa shape index (κ3) is 4.60. The zero-order valence-corrected chi connectivity index (χ0v) is 14.6. The van der Waals surface area contributed by atoms with Crippen LogP contribution in [0.1, 0.15) is 18.1 Å². The van der Waals surface area contributed by atoms with E-state index in [0.717, 1.165) is 50.8 Å². The third-order valence-electron chi connectivity index (χ3n) is 4.45. The van der Waals surface area contributed by atoms with Gasteiger partial charge in [-0.2, -0.15) is 5.26 Å². The second-order valence-electron chi connectivity index (χ2n) is 6.24. The fraction of sp³-hybridized carbons (Fsp3) is 0.611. The smallest absolute Gasteiger partial charge is 0.161 e. The van der Waals surface area contributed by atoms with Crippen molar-refractivity contribution in [1.29, 1.82) is 5.26 Å². The second kappa shape index (κ2) is 8.19. The summed E-state index contributed by atoms with van der Waals surface area (Å²) in [5, 5.41) is 8.93. The number of aryl methyl sites for hydroxylation is 1. The predicted molar refractivity (Wildman–Crippen MR) is 90.8 cm³/mol. The van der Waals surface area contributed by atoms with Gasteiger partial charge in [-0.05, 0) is 37.1 Å². The van der Waals surface area contributed by atoms with Crippen LogP contribution in [0, 0.1) is 24.2 Å². The van der Waals surface area contributed by atoms with Crippen molar-refractivity contribution in [1.82, 2.24) is 9.80 Å². The molecule has 1 aliphatic heterocycles. The maximum absolute atomic E-state index is 8.93. The van der Waals surface area contributed by atoms with Gasteiger partial charge in [0.15, 0.2) is 11.5 Å². The summed E-state index contributed by atoms with van der Waals surface area (Å²) in [7, 11) is 3.34. The lowest BCUT2D eigenvalue weighted by Gasteiger charge is -2.35. The molecule has 5 heteroatoms. The minimum atomic E-state index is 0.106. The lowest BCUT2D eigenvalue weighted by Crippen LogP contribution is -2.47. The molecule has 0 radical (unpaired) electrons. The molecule has 1 aliphatic rings. The van der Waals surface area contributed by atoms with Crippen LogP contribution in [0.4, 0.5) is 0 Å². The topological polar surface area (TPSA) is 48.7 Å². The van der Waals surface area contributed by atoms with Crippen molar-refractivity contribution >= 4 is 0 Å². The zero-order chi connectivity index (χ0) is 16.8. The number of nitriles is 1. The van der Waals surface area contributed by atoms with Gasteiger partial charge in [0.2, 0.25) is 0 Å². The summed E-state index contributed by atoms with van der Waals surface area (Å²) in [5.74, 6) is 1.67. The first kappa shape index (κ1) is 17.6. The number of rotatable bonds is 6. The van der Waals surface area contributed by atoms with Crippen LogP contribution >= 0.6 is 0 Å². The van der Waals surface area contributed by atoms with E-state index < -0.39 is 0 Å². The molecule has 1 fully saturated rings. The molecular formula is C18H27N3O2. The van der Waals surface area contributed by atoms with Crippen molar-refractivity contribution in [2.24, 2.45) is 5.92 Å². The van der Waals surface area contributed by atoms with E-state index in [1.165, 1.54) is 11.1 Å². The first-order valence-corrected chi connectivity index (χ1v) is 8.13. The Kier molecular flexibility index (Phi) is 6.26. The molecule has 1 aromatic rings. The van der Waals surface area contributed by atoms with E-state index in [4.69, 9.17) is 14.7 Å². The summed E-state index contributed by atoms with van der Waals surface area (Å²) in [6.45, 7) is 10.0. The van der Waals surface area contributed by atoms with E-state index in [0.29, 0.717) is 0 Å². The van der Waals surface area contributed by atoms with E-state index in [1.54, 1.807) is 14.2 Å². The van der Waals surface area contributed by atoms with Gasteiger partial charge in [-0.1, -0.05) is 0 Å². The third-order valence-corrected chi connectivity index (χ3v) is 4.45. The average Bonchev–Trinajstić information content (AvgIpc) is 2.57. The van der Waals surface area contributed by atoms with Gasteiger partial charge in [-0.3, -0.25) is 9.80 Å². The predicted octanol–water partition coefficient (Wildman–Crippen LogP) is 2.29. The normalized spacial score (nSPS) is 17.5. The molecule has 0 aromatic heterocycles. The average molecular weight is 317 g/mol. The van der Waals surface area contributed by atoms with Gasteiger partial charge in [-0.25, -0.2) is 0 Å². The monoisotopic (exact) mass is 317 g/mol. The van der Waals surface area contributed by atoms with E-state index in [9.17, 15) is 0 Å². The van der Waals surface area contributed by atoms with Gasteiger partial charge < -0.3 is 9.47 Å². The zero-order valence-electron chi connectivity index (χ0n) is 14.6. The lowest BCUT2D eigenvalue weighted by molar-refractivity contribution is 0.121. The molecule has 2 rings (SSSR count). The fourth-order valence-electron chi connectivity index (χ4n) is 2.99. The molecule has 0 aliphatic carbocycles. The van der Waals surface area contributed by atoms with Gasteiger partial charge >= 0.3 is 0 Å². The molecule has 0 saturated carbocycles. The Morgan fingerprint density at radius 2 is 1.65 bits per heavy atom. The van der Waals surface area contributed by atoms with E-state index >= 15 is 0 Å². The van der Waals surface area contributed by atoms with Crippen molar-refractivity contribution in [3.8, 4) is 17.6 Å². The highest BCUT2D eigenvalue weighted by atomic mass is 16.5. The Morgan fingerprint density at radius 3 is 2.22 bits per heavy atom. The maximum Gasteiger partial charge on any atom is 0.161 e. The second-order valence-corrected chi connectivity index (χ2v) is 6.24. The quantitative estimate of drug-likeness (QED) is 0.806. The fourth-order valence-corrected chi connectivity index (χ4v) is 2.99. The van der Waals surface area contributed by atoms with Crippen LogP contribution in [-0.2, 0) is 6.54 Å². The van der Waals surface area contributed by atoms with Gasteiger partial charge in [0.25, 0.3) is 0 Å². The highest BCUT2D eigenvalue weighted by Gasteiger charge is 2.19. The van der Waals surface area contributed by atoms with Crippen LogP contribution < -0.4 is 9.47 Å². The molecular weight excluding hydrogens is 290 g/mol. The van der Waals surface area contributed by atoms with Gasteiger partial charge in [0.05, 0.1) is 26.2 Å². The molecule has 1 atom stereocenters. The minimum absolute atomic E-state index is 0.106. The number of ether oxygens (including phenoxy) is 2. The van der Waals surface area contributed by atoms with Crippen molar-refractivity contribution in [2.75, 3.05) is 46.9 Å². The first-order chi connectivity index (χ1) is 11.1. The number of hydrogen-bond acceptors (Lipinski definition) is 5. The number of methoxy groups -OCH3 is 2. The van der Waals surface area contributed by atoms with Gasteiger partial charge in [0.1, 0.15) is 0 Å². The summed E-state index contributed by atoms with van der Waals surface area (Å²) in [6, 6.07) is 6.44. The van der Waals surface area contributed by atoms with Crippen LogP contribution in [0.2, 0.25) is 0 Å². The SMILES string of the molecule is COc1cc(C)c(CN2CCN(C[C@@H](C)C#N)CC2)cc1OC. The number of hydrogen-bond donors (Lipinski definition) is 0. The highest BCUT2D eigenvalue weighted by Crippen LogP contribution is 2.30. The molecule has 5 nitrogen and oxygen atoms in total. The molecule has 0 spiro atoms. The van der Waals surface area contributed by atoms with E-state index in [-0.39, 0.29) is 5.92 Å². The number of piperazine rings is 1. The van der Waals surface area contributed by atoms with E-state index in [1.807, 2.05) is 13.0 Å². The molecule has 0 bridgehead atoms. The number of benzene rings is 1. The van der Waals surface area contributed by atoms with Crippen LogP contribution in [-0.4, -0.2) is 56.7 Å². The lowest BCUT2D eigenvalue weighted by atomic mass is 10.1. The molecule has 126 valence electrons. The highest BCUT2D eigenvalue weighted by molar-refractivity contribution is 5.47. The molecule has 23 heavy (non-hydrogen) atoms. The minimum Gasteiger partial charge on any atom is -0.493 e. The molecule has 0 amide bonds. The van der Waals surface area contributed by atoms with Crippen LogP contribution in [0.5, 0.6) is 11.5 Å². The summed E-state index contributed by atoms with van der Waals surface area (Å²) in [6.07, 6.45) is 0. The summed E-state index contributed by atoms with van der Waals surface area (Å²) in [5.41, 5.74) is 2.50. The first-order valence-electron chi connectivity index (χ1n) is 8.13.